The van der Waals surface area contributed by atoms with Gasteiger partial charge in [0.1, 0.15) is 35.4 Å². The normalized spacial score (nSPS) is 20.6. The van der Waals surface area contributed by atoms with Crippen molar-refractivity contribution in [1.29, 1.82) is 21.0 Å². The standard InChI is InChI=1S/C30H24N4S2/c31-15-19(16-32)11-21-13-23-25(29(21)7-3-1-4-8-29)28-26(30(23)9-5-2-6-10-30)27-24(36-28)14-22(35-27)12-20(17-33)18-34/h11-14H,1-10H2. The topological polar surface area (TPSA) is 95.2 Å². The molecule has 0 radical (unpaired) electrons. The Morgan fingerprint density at radius 3 is 1.94 bits per heavy atom. The van der Waals surface area contributed by atoms with Gasteiger partial charge in [-0.05, 0) is 66.2 Å². The average Bonchev–Trinajstić information content (AvgIpc) is 3.60. The second kappa shape index (κ2) is 8.61. The minimum Gasteiger partial charge on any atom is -0.192 e. The fourth-order valence-electron chi connectivity index (χ4n) is 7.23. The molecule has 2 aromatic heterocycles. The number of thiophene rings is 2. The molecule has 6 heteroatoms. The lowest BCUT2D eigenvalue weighted by Gasteiger charge is -2.38. The van der Waals surface area contributed by atoms with E-state index in [2.05, 4.69) is 24.3 Å². The summed E-state index contributed by atoms with van der Waals surface area (Å²) in [4.78, 5) is 2.39. The van der Waals surface area contributed by atoms with Crippen molar-refractivity contribution in [2.75, 3.05) is 0 Å². The third-order valence-corrected chi connectivity index (χ3v) is 11.1. The highest BCUT2D eigenvalue weighted by Crippen LogP contribution is 2.70. The zero-order valence-corrected chi connectivity index (χ0v) is 21.6. The first-order valence-electron chi connectivity index (χ1n) is 12.7. The summed E-state index contributed by atoms with van der Waals surface area (Å²) in [5.74, 6) is 0. The maximum Gasteiger partial charge on any atom is 0.131 e. The van der Waals surface area contributed by atoms with Crippen LogP contribution < -0.4 is 0 Å². The quantitative estimate of drug-likeness (QED) is 0.385. The lowest BCUT2D eigenvalue weighted by molar-refractivity contribution is 0.329. The summed E-state index contributed by atoms with van der Waals surface area (Å²) in [5.41, 5.74) is 5.81. The highest BCUT2D eigenvalue weighted by molar-refractivity contribution is 7.29. The number of nitriles is 4. The van der Waals surface area contributed by atoms with Crippen molar-refractivity contribution in [2.45, 2.75) is 69.6 Å². The Balaban J connectivity index is 1.59. The van der Waals surface area contributed by atoms with Crippen LogP contribution in [0.3, 0.4) is 0 Å². The first-order valence-corrected chi connectivity index (χ1v) is 14.3. The molecule has 0 N–H and O–H groups in total. The van der Waals surface area contributed by atoms with Crippen LogP contribution in [0.25, 0.3) is 21.0 Å². The summed E-state index contributed by atoms with van der Waals surface area (Å²) >= 11 is 3.58. The molecule has 2 spiro atoms. The Hall–Kier alpha value is -3.42. The Bertz CT molecular complexity index is 1550. The minimum absolute atomic E-state index is 0.0141. The molecule has 2 heterocycles. The van der Waals surface area contributed by atoms with E-state index in [-0.39, 0.29) is 22.0 Å². The molecular weight excluding hydrogens is 480 g/mol. The van der Waals surface area contributed by atoms with Crippen molar-refractivity contribution in [3.05, 3.63) is 55.8 Å². The van der Waals surface area contributed by atoms with Crippen LogP contribution in [-0.2, 0) is 5.41 Å². The largest absolute Gasteiger partial charge is 0.192 e. The number of nitrogens with zero attached hydrogens (tertiary/aromatic N) is 4. The third-order valence-electron chi connectivity index (χ3n) is 8.69. The molecule has 2 fully saturated rings. The van der Waals surface area contributed by atoms with Gasteiger partial charge in [0.2, 0.25) is 0 Å². The minimum atomic E-state index is -0.104. The van der Waals surface area contributed by atoms with E-state index < -0.39 is 0 Å². The maximum absolute atomic E-state index is 9.54. The van der Waals surface area contributed by atoms with Gasteiger partial charge in [0.25, 0.3) is 0 Å². The van der Waals surface area contributed by atoms with Crippen molar-refractivity contribution in [3.8, 4) is 24.3 Å². The molecule has 4 nitrogen and oxygen atoms in total. The van der Waals surface area contributed by atoms with Gasteiger partial charge in [-0.15, -0.1) is 22.7 Å². The second-order valence-electron chi connectivity index (χ2n) is 10.4. The van der Waals surface area contributed by atoms with Gasteiger partial charge in [-0.2, -0.15) is 21.0 Å². The lowest BCUT2D eigenvalue weighted by Crippen LogP contribution is -2.28. The van der Waals surface area contributed by atoms with Gasteiger partial charge in [0.05, 0.1) is 4.70 Å². The summed E-state index contributed by atoms with van der Waals surface area (Å²) in [6, 6.07) is 10.3. The zero-order chi connectivity index (χ0) is 24.9. The van der Waals surface area contributed by atoms with Gasteiger partial charge < -0.3 is 0 Å². The molecule has 4 aliphatic rings. The van der Waals surface area contributed by atoms with Gasteiger partial charge in [-0.25, -0.2) is 0 Å². The van der Waals surface area contributed by atoms with Crippen molar-refractivity contribution < 1.29 is 0 Å². The van der Waals surface area contributed by atoms with Crippen molar-refractivity contribution in [1.82, 2.24) is 0 Å². The third kappa shape index (κ3) is 3.12. The summed E-state index contributed by atoms with van der Waals surface area (Å²) in [6.07, 6.45) is 17.6. The van der Waals surface area contributed by atoms with Crippen LogP contribution in [0.4, 0.5) is 0 Å². The van der Waals surface area contributed by atoms with Crippen molar-refractivity contribution in [3.63, 3.8) is 0 Å². The van der Waals surface area contributed by atoms with Crippen molar-refractivity contribution >= 4 is 43.7 Å². The molecule has 0 aliphatic heterocycles. The van der Waals surface area contributed by atoms with Gasteiger partial charge in [-0.1, -0.05) is 44.6 Å². The molecule has 0 unspecified atom stereocenters. The SMILES string of the molecule is N#CC(C#N)=CC1=CC2=C(c3sc4cc(C=C(C#N)C#N)sc4c3C23CCCCC3)C12CCCCC2. The lowest BCUT2D eigenvalue weighted by atomic mass is 9.66. The molecule has 6 rings (SSSR count). The summed E-state index contributed by atoms with van der Waals surface area (Å²) in [6.45, 7) is 0. The van der Waals surface area contributed by atoms with Crippen LogP contribution in [0, 0.1) is 50.7 Å². The molecule has 176 valence electrons. The van der Waals surface area contributed by atoms with Gasteiger partial charge in [-0.3, -0.25) is 0 Å². The van der Waals surface area contributed by atoms with Gasteiger partial charge in [0, 0.05) is 25.3 Å². The number of hydrogen-bond acceptors (Lipinski definition) is 6. The molecule has 0 bridgehead atoms. The molecule has 2 aromatic rings. The van der Waals surface area contributed by atoms with E-state index in [0.29, 0.717) is 0 Å². The summed E-state index contributed by atoms with van der Waals surface area (Å²) in [7, 11) is 0. The predicted octanol–water partition coefficient (Wildman–Crippen LogP) is 8.23. The van der Waals surface area contributed by atoms with Crippen LogP contribution in [0.5, 0.6) is 0 Å². The molecule has 2 saturated carbocycles. The molecule has 4 aliphatic carbocycles. The Morgan fingerprint density at radius 2 is 1.33 bits per heavy atom. The fourth-order valence-corrected chi connectivity index (χ4v) is 10.2. The molecular formula is C30H24N4S2. The van der Waals surface area contributed by atoms with E-state index in [0.717, 1.165) is 30.6 Å². The summed E-state index contributed by atoms with van der Waals surface area (Å²) < 4.78 is 2.56. The van der Waals surface area contributed by atoms with Gasteiger partial charge >= 0.3 is 0 Å². The second-order valence-corrected chi connectivity index (χ2v) is 12.5. The first kappa shape index (κ1) is 23.0. The molecule has 0 saturated heterocycles. The van der Waals surface area contributed by atoms with Crippen LogP contribution in [0.1, 0.15) is 79.5 Å². The molecule has 0 aromatic carbocycles. The molecule has 0 amide bonds. The Kier molecular flexibility index (Phi) is 5.50. The number of allylic oxidation sites excluding steroid dienone is 7. The van der Waals surface area contributed by atoms with Crippen LogP contribution in [0.2, 0.25) is 0 Å². The van der Waals surface area contributed by atoms with Crippen molar-refractivity contribution in [2.24, 2.45) is 5.41 Å². The van der Waals surface area contributed by atoms with E-state index in [4.69, 9.17) is 0 Å². The number of rotatable bonds is 2. The van der Waals surface area contributed by atoms with E-state index in [1.54, 1.807) is 17.4 Å². The smallest absolute Gasteiger partial charge is 0.131 e. The molecule has 36 heavy (non-hydrogen) atoms. The Labute approximate surface area is 219 Å². The van der Waals surface area contributed by atoms with Crippen LogP contribution >= 0.6 is 22.7 Å². The zero-order valence-electron chi connectivity index (χ0n) is 20.0. The Morgan fingerprint density at radius 1 is 0.750 bits per heavy atom. The molecule has 0 atom stereocenters. The summed E-state index contributed by atoms with van der Waals surface area (Å²) in [5, 5.41) is 37.6. The maximum atomic E-state index is 9.54. The van der Waals surface area contributed by atoms with Gasteiger partial charge in [0.15, 0.2) is 0 Å². The van der Waals surface area contributed by atoms with E-state index in [1.165, 1.54) is 75.1 Å². The first-order chi connectivity index (χ1) is 17.6. The highest BCUT2D eigenvalue weighted by atomic mass is 32.1. The van der Waals surface area contributed by atoms with Crippen LogP contribution in [0.15, 0.2) is 40.5 Å². The number of fused-ring (bicyclic) bond motifs is 7. The van der Waals surface area contributed by atoms with E-state index in [9.17, 15) is 21.0 Å². The van der Waals surface area contributed by atoms with E-state index in [1.807, 2.05) is 29.6 Å². The average molecular weight is 505 g/mol. The predicted molar refractivity (Wildman–Crippen MR) is 143 cm³/mol. The highest BCUT2D eigenvalue weighted by Gasteiger charge is 2.56. The number of hydrogen-bond donors (Lipinski definition) is 0. The monoisotopic (exact) mass is 504 g/mol. The van der Waals surface area contributed by atoms with Crippen LogP contribution in [-0.4, -0.2) is 0 Å². The van der Waals surface area contributed by atoms with E-state index >= 15 is 0 Å². The fraction of sp³-hybridized carbons (Fsp3) is 0.400.